The van der Waals surface area contributed by atoms with E-state index in [-0.39, 0.29) is 9.80 Å². The van der Waals surface area contributed by atoms with Crippen molar-refractivity contribution in [2.24, 2.45) is 5.92 Å². The molecule has 1 fully saturated rings. The van der Waals surface area contributed by atoms with Crippen LogP contribution in [0.2, 0.25) is 5.02 Å². The number of fused-ring (bicyclic) bond motifs is 1. The second kappa shape index (κ2) is 7.78. The molecule has 29 heavy (non-hydrogen) atoms. The molecular formula is C21H20BrClN2O3S. The van der Waals surface area contributed by atoms with E-state index in [4.69, 9.17) is 11.6 Å². The van der Waals surface area contributed by atoms with E-state index in [0.717, 1.165) is 23.0 Å². The Kier molecular flexibility index (Phi) is 5.48. The number of carbonyl (C=O) groups excluding carboxylic acids is 1. The van der Waals surface area contributed by atoms with E-state index in [1.165, 1.54) is 18.3 Å². The molecule has 0 N–H and O–H groups in total. The van der Waals surface area contributed by atoms with Crippen LogP contribution in [0.25, 0.3) is 0 Å². The molecular weight excluding hydrogens is 476 g/mol. The molecule has 0 saturated carbocycles. The van der Waals surface area contributed by atoms with E-state index in [1.54, 1.807) is 15.9 Å². The molecule has 2 aromatic carbocycles. The molecule has 0 atom stereocenters. The molecule has 1 amide bonds. The summed E-state index contributed by atoms with van der Waals surface area (Å²) in [6.07, 6.45) is 3.18. The second-order valence-electron chi connectivity index (χ2n) is 7.43. The third-order valence-corrected chi connectivity index (χ3v) is 7.94. The lowest BCUT2D eigenvalue weighted by atomic mass is 9.99. The Hall–Kier alpha value is -1.83. The molecule has 4 rings (SSSR count). The summed E-state index contributed by atoms with van der Waals surface area (Å²) in [6, 6.07) is 12.1. The number of carbonyl (C=O) groups is 1. The van der Waals surface area contributed by atoms with E-state index in [1.807, 2.05) is 24.3 Å². The van der Waals surface area contributed by atoms with Crippen LogP contribution in [0.1, 0.15) is 19.8 Å². The number of halogens is 2. The van der Waals surface area contributed by atoms with Crippen LogP contribution in [0.4, 0.5) is 11.4 Å². The monoisotopic (exact) mass is 494 g/mol. The molecule has 0 aliphatic carbocycles. The topological polar surface area (TPSA) is 57.7 Å². The summed E-state index contributed by atoms with van der Waals surface area (Å²) < 4.78 is 27.5. The van der Waals surface area contributed by atoms with E-state index in [9.17, 15) is 13.2 Å². The lowest BCUT2D eigenvalue weighted by Gasteiger charge is -2.33. The largest absolute Gasteiger partial charge is 0.338 e. The van der Waals surface area contributed by atoms with Gasteiger partial charge in [-0.25, -0.2) is 8.42 Å². The number of amides is 1. The summed E-state index contributed by atoms with van der Waals surface area (Å²) in [5.41, 5.74) is 1.17. The van der Waals surface area contributed by atoms with Crippen molar-refractivity contribution in [2.45, 2.75) is 24.7 Å². The molecule has 0 radical (unpaired) electrons. The Morgan fingerprint density at radius 1 is 1.10 bits per heavy atom. The average molecular weight is 496 g/mol. The number of benzene rings is 2. The summed E-state index contributed by atoms with van der Waals surface area (Å²) in [4.78, 5) is 16.4. The number of nitrogens with zero attached hydrogens (tertiary/aromatic N) is 2. The fourth-order valence-electron chi connectivity index (χ4n) is 3.63. The summed E-state index contributed by atoms with van der Waals surface area (Å²) in [6.45, 7) is 3.28. The lowest BCUT2D eigenvalue weighted by molar-refractivity contribution is -0.127. The van der Waals surface area contributed by atoms with Crippen molar-refractivity contribution in [3.8, 4) is 0 Å². The molecule has 1 saturated heterocycles. The van der Waals surface area contributed by atoms with E-state index < -0.39 is 15.7 Å². The van der Waals surface area contributed by atoms with E-state index in [2.05, 4.69) is 22.9 Å². The molecule has 152 valence electrons. The molecule has 5 nitrogen and oxygen atoms in total. The van der Waals surface area contributed by atoms with Gasteiger partial charge in [-0.15, -0.1) is 0 Å². The van der Waals surface area contributed by atoms with Gasteiger partial charge in [0.1, 0.15) is 0 Å². The van der Waals surface area contributed by atoms with Gasteiger partial charge in [-0.3, -0.25) is 4.79 Å². The molecule has 0 aromatic heterocycles. The molecule has 2 aromatic rings. The number of hydrogen-bond acceptors (Lipinski definition) is 4. The quantitative estimate of drug-likeness (QED) is 0.580. The Bertz CT molecular complexity index is 1090. The van der Waals surface area contributed by atoms with Crippen LogP contribution < -0.4 is 4.90 Å². The maximum atomic E-state index is 13.3. The third-order valence-electron chi connectivity index (χ3n) is 5.39. The van der Waals surface area contributed by atoms with Crippen molar-refractivity contribution in [2.75, 3.05) is 18.0 Å². The standard InChI is InChI=1S/C21H20BrClN2O3S/c1-14-8-10-24(11-9-14)21(26)20-13-25(17-5-2-15(22)3-6-17)18-12-16(23)4-7-19(18)29(20,27)28/h2-7,12-14H,8-11H2,1H3. The first kappa shape index (κ1) is 20.4. The predicted molar refractivity (Wildman–Crippen MR) is 118 cm³/mol. The van der Waals surface area contributed by atoms with Crippen molar-refractivity contribution in [3.63, 3.8) is 0 Å². The van der Waals surface area contributed by atoms with Gasteiger partial charge in [0.2, 0.25) is 9.84 Å². The minimum atomic E-state index is -3.95. The molecule has 0 unspecified atom stereocenters. The summed E-state index contributed by atoms with van der Waals surface area (Å²) in [7, 11) is -3.95. The molecule has 2 aliphatic heterocycles. The minimum Gasteiger partial charge on any atom is -0.338 e. The minimum absolute atomic E-state index is 0.0843. The van der Waals surface area contributed by atoms with Crippen molar-refractivity contribution in [1.29, 1.82) is 0 Å². The van der Waals surface area contributed by atoms with Gasteiger partial charge in [-0.2, -0.15) is 0 Å². The van der Waals surface area contributed by atoms with E-state index >= 15 is 0 Å². The van der Waals surface area contributed by atoms with Crippen LogP contribution in [-0.4, -0.2) is 32.3 Å². The Labute approximate surface area is 184 Å². The van der Waals surface area contributed by atoms with Gasteiger partial charge in [0.25, 0.3) is 5.91 Å². The zero-order valence-electron chi connectivity index (χ0n) is 15.8. The van der Waals surface area contributed by atoms with Gasteiger partial charge in [0, 0.05) is 34.5 Å². The summed E-state index contributed by atoms with van der Waals surface area (Å²) in [5.74, 6) is 0.0951. The molecule has 8 heteroatoms. The SMILES string of the molecule is CC1CCN(C(=O)C2=CN(c3ccc(Br)cc3)c3cc(Cl)ccc3S2(=O)=O)CC1. The van der Waals surface area contributed by atoms with E-state index in [0.29, 0.717) is 29.7 Å². The maximum Gasteiger partial charge on any atom is 0.267 e. The molecule has 0 bridgehead atoms. The Morgan fingerprint density at radius 3 is 2.41 bits per heavy atom. The Balaban J connectivity index is 1.83. The van der Waals surface area contributed by atoms with Crippen molar-refractivity contribution >= 4 is 54.7 Å². The number of sulfone groups is 1. The van der Waals surface area contributed by atoms with Crippen LogP contribution in [-0.2, 0) is 14.6 Å². The highest BCUT2D eigenvalue weighted by Crippen LogP contribution is 2.41. The molecule has 0 spiro atoms. The van der Waals surface area contributed by atoms with Gasteiger partial charge in [0.05, 0.1) is 10.6 Å². The van der Waals surface area contributed by atoms with Crippen LogP contribution >= 0.6 is 27.5 Å². The zero-order valence-corrected chi connectivity index (χ0v) is 19.0. The normalized spacial score (nSPS) is 18.9. The summed E-state index contributed by atoms with van der Waals surface area (Å²) >= 11 is 9.57. The second-order valence-corrected chi connectivity index (χ2v) is 10.7. The van der Waals surface area contributed by atoms with Crippen LogP contribution in [0.3, 0.4) is 0 Å². The molecule has 2 heterocycles. The predicted octanol–water partition coefficient (Wildman–Crippen LogP) is 5.13. The average Bonchev–Trinajstić information content (AvgIpc) is 2.69. The van der Waals surface area contributed by atoms with Crippen LogP contribution in [0.5, 0.6) is 0 Å². The van der Waals surface area contributed by atoms with Gasteiger partial charge in [-0.1, -0.05) is 34.5 Å². The van der Waals surface area contributed by atoms with Gasteiger partial charge >= 0.3 is 0 Å². The van der Waals surface area contributed by atoms with Crippen molar-refractivity contribution in [1.82, 2.24) is 4.90 Å². The first-order valence-electron chi connectivity index (χ1n) is 9.38. The highest BCUT2D eigenvalue weighted by molar-refractivity contribution is 9.10. The van der Waals surface area contributed by atoms with Gasteiger partial charge in [-0.05, 0) is 61.2 Å². The van der Waals surface area contributed by atoms with Gasteiger partial charge < -0.3 is 9.80 Å². The first-order valence-corrected chi connectivity index (χ1v) is 12.0. The number of rotatable bonds is 2. The maximum absolute atomic E-state index is 13.3. The first-order chi connectivity index (χ1) is 13.8. The zero-order chi connectivity index (χ0) is 20.8. The van der Waals surface area contributed by atoms with Crippen molar-refractivity contribution < 1.29 is 13.2 Å². The van der Waals surface area contributed by atoms with Crippen LogP contribution in [0, 0.1) is 5.92 Å². The van der Waals surface area contributed by atoms with Crippen molar-refractivity contribution in [3.05, 3.63) is 63.1 Å². The highest BCUT2D eigenvalue weighted by Gasteiger charge is 2.38. The fraction of sp³-hybridized carbons (Fsp3) is 0.286. The molecule has 2 aliphatic rings. The third kappa shape index (κ3) is 3.83. The highest BCUT2D eigenvalue weighted by atomic mass is 79.9. The number of hydrogen-bond donors (Lipinski definition) is 0. The smallest absolute Gasteiger partial charge is 0.267 e. The fourth-order valence-corrected chi connectivity index (χ4v) is 5.58. The summed E-state index contributed by atoms with van der Waals surface area (Å²) in [5, 5.41) is 0.425. The number of anilines is 2. The number of piperidine rings is 1. The number of likely N-dealkylation sites (tertiary alicyclic amines) is 1. The van der Waals surface area contributed by atoms with Gasteiger partial charge in [0.15, 0.2) is 4.91 Å². The van der Waals surface area contributed by atoms with Crippen LogP contribution in [0.15, 0.2) is 62.9 Å². The Morgan fingerprint density at radius 2 is 1.76 bits per heavy atom. The lowest BCUT2D eigenvalue weighted by Crippen LogP contribution is -2.41.